The number of ketones is 1. The number of aromatic nitrogens is 1. The van der Waals surface area contributed by atoms with E-state index in [1.54, 1.807) is 12.3 Å². The van der Waals surface area contributed by atoms with Crippen LogP contribution in [-0.2, 0) is 16.0 Å². The molecule has 2 aliphatic rings. The second-order valence-electron chi connectivity index (χ2n) is 9.29. The molecule has 1 atom stereocenters. The van der Waals surface area contributed by atoms with E-state index in [1.807, 2.05) is 36.1 Å². The Morgan fingerprint density at radius 3 is 2.67 bits per heavy atom. The highest BCUT2D eigenvalue weighted by Crippen LogP contribution is 2.28. The third-order valence-corrected chi connectivity index (χ3v) is 6.87. The van der Waals surface area contributed by atoms with Crippen LogP contribution in [0.5, 0.6) is 0 Å². The molecule has 6 heteroatoms. The van der Waals surface area contributed by atoms with Crippen LogP contribution in [0.1, 0.15) is 70.8 Å². The monoisotopic (exact) mass is 445 g/mol. The van der Waals surface area contributed by atoms with E-state index >= 15 is 0 Å². The summed E-state index contributed by atoms with van der Waals surface area (Å²) in [4.78, 5) is 32.1. The van der Waals surface area contributed by atoms with Crippen molar-refractivity contribution in [3.05, 3.63) is 64.5 Å². The maximum atomic E-state index is 13.2. The van der Waals surface area contributed by atoms with Crippen molar-refractivity contribution in [3.63, 3.8) is 0 Å². The van der Waals surface area contributed by atoms with Gasteiger partial charge in [-0.2, -0.15) is 5.26 Å². The topological polar surface area (TPSA) is 83.3 Å². The van der Waals surface area contributed by atoms with Crippen molar-refractivity contribution in [2.24, 2.45) is 5.92 Å². The minimum absolute atomic E-state index is 0.0237. The number of aryl methyl sites for hydroxylation is 1. The van der Waals surface area contributed by atoms with Crippen LogP contribution < -0.4 is 0 Å². The maximum absolute atomic E-state index is 13.2. The number of carbonyl (C=O) groups excluding carboxylic acids is 2. The van der Waals surface area contributed by atoms with Crippen LogP contribution in [0.25, 0.3) is 0 Å². The number of likely N-dealkylation sites (tertiary alicyclic amines) is 1. The molecule has 0 N–H and O–H groups in total. The molecule has 0 radical (unpaired) electrons. The lowest BCUT2D eigenvalue weighted by atomic mass is 9.91. The number of rotatable bonds is 6. The summed E-state index contributed by atoms with van der Waals surface area (Å²) < 4.78 is 5.50. The lowest BCUT2D eigenvalue weighted by Gasteiger charge is -2.32. The molecular weight excluding hydrogens is 414 g/mol. The van der Waals surface area contributed by atoms with E-state index in [1.165, 1.54) is 0 Å². The van der Waals surface area contributed by atoms with E-state index in [0.717, 1.165) is 49.1 Å². The van der Waals surface area contributed by atoms with Crippen molar-refractivity contribution < 1.29 is 14.3 Å². The second-order valence-corrected chi connectivity index (χ2v) is 9.29. The molecule has 1 unspecified atom stereocenters. The van der Waals surface area contributed by atoms with Crippen LogP contribution >= 0.6 is 0 Å². The van der Waals surface area contributed by atoms with Gasteiger partial charge in [0.25, 0.3) is 5.91 Å². The summed E-state index contributed by atoms with van der Waals surface area (Å²) >= 11 is 0. The standard InChI is InChI=1S/C27H31N3O3/c1-19-4-6-23(14-24(19)15-25(31)13-20-3-2-12-33-18-20)27(32)30-10-8-22(9-11-30)26-7-5-21(16-28)17-29-26/h4-7,14,17,20,22H,2-3,8-13,15,18H2,1H3. The van der Waals surface area contributed by atoms with Gasteiger partial charge in [0.05, 0.1) is 5.56 Å². The minimum Gasteiger partial charge on any atom is -0.381 e. The lowest BCUT2D eigenvalue weighted by molar-refractivity contribution is -0.120. The molecular formula is C27H31N3O3. The van der Waals surface area contributed by atoms with Gasteiger partial charge in [0.15, 0.2) is 0 Å². The lowest BCUT2D eigenvalue weighted by Crippen LogP contribution is -2.38. The van der Waals surface area contributed by atoms with Crippen LogP contribution in [0.2, 0.25) is 0 Å². The Bertz CT molecular complexity index is 1030. The molecule has 172 valence electrons. The van der Waals surface area contributed by atoms with Crippen LogP contribution in [-0.4, -0.2) is 47.9 Å². The Hall–Kier alpha value is -3.04. The summed E-state index contributed by atoms with van der Waals surface area (Å²) in [5, 5.41) is 8.94. The Morgan fingerprint density at radius 2 is 2.00 bits per heavy atom. The van der Waals surface area contributed by atoms with Gasteiger partial charge in [-0.1, -0.05) is 6.07 Å². The molecule has 2 aliphatic heterocycles. The third kappa shape index (κ3) is 5.85. The molecule has 0 saturated carbocycles. The molecule has 2 fully saturated rings. The van der Waals surface area contributed by atoms with Crippen molar-refractivity contribution in [2.45, 2.75) is 51.4 Å². The van der Waals surface area contributed by atoms with E-state index in [9.17, 15) is 9.59 Å². The molecule has 4 rings (SSSR count). The fourth-order valence-corrected chi connectivity index (χ4v) is 4.84. The summed E-state index contributed by atoms with van der Waals surface area (Å²) in [6, 6.07) is 11.5. The number of benzene rings is 1. The molecule has 0 bridgehead atoms. The number of piperidine rings is 1. The average molecular weight is 446 g/mol. The minimum atomic E-state index is 0.0237. The fraction of sp³-hybridized carbons (Fsp3) is 0.481. The zero-order chi connectivity index (χ0) is 23.2. The van der Waals surface area contributed by atoms with E-state index in [-0.39, 0.29) is 11.7 Å². The van der Waals surface area contributed by atoms with Crippen molar-refractivity contribution in [1.82, 2.24) is 9.88 Å². The van der Waals surface area contributed by atoms with Crippen molar-refractivity contribution >= 4 is 11.7 Å². The SMILES string of the molecule is Cc1ccc(C(=O)N2CCC(c3ccc(C#N)cn3)CC2)cc1CC(=O)CC1CCCOC1. The Balaban J connectivity index is 1.35. The predicted molar refractivity (Wildman–Crippen MR) is 125 cm³/mol. The number of carbonyl (C=O) groups is 2. The fourth-order valence-electron chi connectivity index (χ4n) is 4.84. The molecule has 1 aromatic heterocycles. The van der Waals surface area contributed by atoms with Crippen molar-refractivity contribution in [2.75, 3.05) is 26.3 Å². The van der Waals surface area contributed by atoms with Crippen LogP contribution in [0.15, 0.2) is 36.5 Å². The van der Waals surface area contributed by atoms with Gasteiger partial charge in [0.2, 0.25) is 0 Å². The zero-order valence-corrected chi connectivity index (χ0v) is 19.3. The van der Waals surface area contributed by atoms with E-state index < -0.39 is 0 Å². The molecule has 0 spiro atoms. The number of pyridine rings is 1. The molecule has 6 nitrogen and oxygen atoms in total. The summed E-state index contributed by atoms with van der Waals surface area (Å²) in [7, 11) is 0. The predicted octanol–water partition coefficient (Wildman–Crippen LogP) is 4.21. The van der Waals surface area contributed by atoms with Gasteiger partial charge >= 0.3 is 0 Å². The van der Waals surface area contributed by atoms with Gasteiger partial charge in [0.1, 0.15) is 11.9 Å². The Kier molecular flexibility index (Phi) is 7.51. The third-order valence-electron chi connectivity index (χ3n) is 6.87. The van der Waals surface area contributed by atoms with Gasteiger partial charge in [-0.15, -0.1) is 0 Å². The summed E-state index contributed by atoms with van der Waals surface area (Å²) in [5.74, 6) is 0.865. The molecule has 1 amide bonds. The first kappa shape index (κ1) is 23.1. The summed E-state index contributed by atoms with van der Waals surface area (Å²) in [6.07, 6.45) is 6.32. The van der Waals surface area contributed by atoms with Crippen LogP contribution in [0.3, 0.4) is 0 Å². The van der Waals surface area contributed by atoms with Gasteiger partial charge < -0.3 is 9.64 Å². The highest BCUT2D eigenvalue weighted by molar-refractivity contribution is 5.95. The van der Waals surface area contributed by atoms with Crippen LogP contribution in [0.4, 0.5) is 0 Å². The van der Waals surface area contributed by atoms with E-state index in [4.69, 9.17) is 10.00 Å². The number of ether oxygens (including phenoxy) is 1. The summed E-state index contributed by atoms with van der Waals surface area (Å²) in [5.41, 5.74) is 4.19. The highest BCUT2D eigenvalue weighted by Gasteiger charge is 2.26. The van der Waals surface area contributed by atoms with Gasteiger partial charge in [-0.25, -0.2) is 0 Å². The van der Waals surface area contributed by atoms with E-state index in [2.05, 4.69) is 11.1 Å². The van der Waals surface area contributed by atoms with Gasteiger partial charge in [-0.3, -0.25) is 14.6 Å². The first-order valence-electron chi connectivity index (χ1n) is 11.9. The van der Waals surface area contributed by atoms with Crippen molar-refractivity contribution in [1.29, 1.82) is 5.26 Å². The normalized spacial score (nSPS) is 19.2. The van der Waals surface area contributed by atoms with E-state index in [0.29, 0.717) is 55.5 Å². The zero-order valence-electron chi connectivity index (χ0n) is 19.3. The molecule has 2 saturated heterocycles. The van der Waals surface area contributed by atoms with Gasteiger partial charge in [0, 0.05) is 62.5 Å². The smallest absolute Gasteiger partial charge is 0.253 e. The average Bonchev–Trinajstić information content (AvgIpc) is 2.86. The number of nitriles is 1. The number of nitrogens with zero attached hydrogens (tertiary/aromatic N) is 3. The molecule has 33 heavy (non-hydrogen) atoms. The Morgan fingerprint density at radius 1 is 1.18 bits per heavy atom. The number of hydrogen-bond donors (Lipinski definition) is 0. The number of Topliss-reactive ketones (excluding diaryl/α,β-unsaturated/α-hetero) is 1. The molecule has 3 heterocycles. The number of hydrogen-bond acceptors (Lipinski definition) is 5. The molecule has 0 aliphatic carbocycles. The van der Waals surface area contributed by atoms with Crippen molar-refractivity contribution in [3.8, 4) is 6.07 Å². The van der Waals surface area contributed by atoms with Gasteiger partial charge in [-0.05, 0) is 73.9 Å². The molecule has 1 aromatic carbocycles. The van der Waals surface area contributed by atoms with Crippen LogP contribution in [0, 0.1) is 24.2 Å². The number of amides is 1. The first-order chi connectivity index (χ1) is 16.0. The summed E-state index contributed by atoms with van der Waals surface area (Å²) in [6.45, 7) is 4.83. The second kappa shape index (κ2) is 10.7. The maximum Gasteiger partial charge on any atom is 0.253 e. The Labute approximate surface area is 195 Å². The largest absolute Gasteiger partial charge is 0.381 e. The molecule has 2 aromatic rings. The first-order valence-corrected chi connectivity index (χ1v) is 11.9. The quantitative estimate of drug-likeness (QED) is 0.665. The highest BCUT2D eigenvalue weighted by atomic mass is 16.5.